The van der Waals surface area contributed by atoms with Gasteiger partial charge < -0.3 is 10.6 Å². The minimum absolute atomic E-state index is 0.165. The summed E-state index contributed by atoms with van der Waals surface area (Å²) in [5.74, 6) is 0.657. The van der Waals surface area contributed by atoms with Crippen molar-refractivity contribution in [3.05, 3.63) is 119 Å². The lowest BCUT2D eigenvalue weighted by Gasteiger charge is -2.43. The van der Waals surface area contributed by atoms with Crippen molar-refractivity contribution >= 4 is 11.5 Å². The molecule has 3 aromatic rings. The molecule has 0 amide bonds. The predicted octanol–water partition coefficient (Wildman–Crippen LogP) is 4.24. The van der Waals surface area contributed by atoms with Crippen LogP contribution in [0.15, 0.2) is 108 Å². The molecule has 5 rings (SSSR count). The van der Waals surface area contributed by atoms with E-state index in [-0.39, 0.29) is 12.1 Å². The highest BCUT2D eigenvalue weighted by Gasteiger charge is 2.34. The summed E-state index contributed by atoms with van der Waals surface area (Å²) in [5, 5.41) is 16.4. The van der Waals surface area contributed by atoms with Crippen LogP contribution >= 0.6 is 0 Å². The third-order valence-corrected chi connectivity index (χ3v) is 6.14. The van der Waals surface area contributed by atoms with E-state index in [1.54, 1.807) is 6.20 Å². The van der Waals surface area contributed by atoms with Crippen molar-refractivity contribution in [3.63, 3.8) is 0 Å². The topological polar surface area (TPSA) is 76.3 Å². The fourth-order valence-electron chi connectivity index (χ4n) is 4.43. The van der Waals surface area contributed by atoms with E-state index in [2.05, 4.69) is 87.3 Å². The standard InChI is InChI=1S/C28H26N6/c1-20-17-31-28(33-26(20)24(16-29)25-14-8-9-15-30-25)32-23-18-34(19-23)27(21-10-4-2-5-11-21)22-12-6-3-7-13-22/h2-15,17,23,27H,18-19H2,1H3,(H2,31,32,33)/b26-24+. The van der Waals surface area contributed by atoms with E-state index in [1.165, 1.54) is 11.1 Å². The minimum atomic E-state index is 0.165. The average Bonchev–Trinajstić information content (AvgIpc) is 2.87. The fourth-order valence-corrected chi connectivity index (χ4v) is 4.43. The number of hydrogen-bond donors (Lipinski definition) is 2. The van der Waals surface area contributed by atoms with E-state index in [4.69, 9.17) is 4.99 Å². The van der Waals surface area contributed by atoms with Crippen LogP contribution in [0.2, 0.25) is 0 Å². The van der Waals surface area contributed by atoms with Crippen molar-refractivity contribution in [2.24, 2.45) is 4.99 Å². The van der Waals surface area contributed by atoms with Crippen LogP contribution in [0.4, 0.5) is 0 Å². The number of benzene rings is 2. The second kappa shape index (κ2) is 9.74. The van der Waals surface area contributed by atoms with Gasteiger partial charge in [-0.3, -0.25) is 9.88 Å². The first-order chi connectivity index (χ1) is 16.7. The zero-order chi connectivity index (χ0) is 23.3. The number of likely N-dealkylation sites (tertiary alicyclic amines) is 1. The van der Waals surface area contributed by atoms with Gasteiger partial charge in [-0.05, 0) is 35.8 Å². The van der Waals surface area contributed by atoms with Crippen LogP contribution < -0.4 is 10.6 Å². The van der Waals surface area contributed by atoms with Gasteiger partial charge in [0.2, 0.25) is 0 Å². The van der Waals surface area contributed by atoms with Crippen molar-refractivity contribution in [1.82, 2.24) is 20.5 Å². The number of hydrogen-bond acceptors (Lipinski definition) is 4. The van der Waals surface area contributed by atoms with Gasteiger partial charge in [-0.2, -0.15) is 5.26 Å². The van der Waals surface area contributed by atoms with Crippen molar-refractivity contribution in [2.75, 3.05) is 13.1 Å². The van der Waals surface area contributed by atoms with E-state index in [0.29, 0.717) is 17.2 Å². The van der Waals surface area contributed by atoms with Crippen LogP contribution in [0, 0.1) is 11.3 Å². The second-order valence-electron chi connectivity index (χ2n) is 8.48. The molecule has 2 aromatic carbocycles. The summed E-state index contributed by atoms with van der Waals surface area (Å²) < 4.78 is 0. The summed E-state index contributed by atoms with van der Waals surface area (Å²) in [6, 6.07) is 29.5. The molecule has 2 aliphatic rings. The molecular formula is C28H26N6. The smallest absolute Gasteiger partial charge is 0.200 e. The average molecular weight is 447 g/mol. The highest BCUT2D eigenvalue weighted by molar-refractivity contribution is 5.91. The van der Waals surface area contributed by atoms with Gasteiger partial charge in [-0.25, -0.2) is 4.99 Å². The number of aliphatic imine (C=N–C) groups is 1. The second-order valence-corrected chi connectivity index (χ2v) is 8.48. The highest BCUT2D eigenvalue weighted by atomic mass is 15.3. The number of nitrogens with one attached hydrogen (secondary N) is 2. The van der Waals surface area contributed by atoms with Gasteiger partial charge in [-0.1, -0.05) is 66.7 Å². The molecule has 0 unspecified atom stereocenters. The molecule has 1 aromatic heterocycles. The Morgan fingerprint density at radius 1 is 1.00 bits per heavy atom. The first-order valence-corrected chi connectivity index (χ1v) is 11.4. The summed E-state index contributed by atoms with van der Waals surface area (Å²) in [5.41, 5.74) is 5.39. The number of rotatable bonds is 5. The minimum Gasteiger partial charge on any atom is -0.332 e. The molecule has 3 heterocycles. The molecule has 168 valence electrons. The quantitative estimate of drug-likeness (QED) is 0.573. The molecule has 34 heavy (non-hydrogen) atoms. The molecule has 0 aliphatic carbocycles. The number of nitrogens with zero attached hydrogens (tertiary/aromatic N) is 4. The van der Waals surface area contributed by atoms with Crippen LogP contribution in [-0.4, -0.2) is 35.0 Å². The Hall–Kier alpha value is -4.21. The number of pyridine rings is 1. The highest BCUT2D eigenvalue weighted by Crippen LogP contribution is 2.33. The predicted molar refractivity (Wildman–Crippen MR) is 134 cm³/mol. The van der Waals surface area contributed by atoms with Gasteiger partial charge in [-0.15, -0.1) is 0 Å². The Morgan fingerprint density at radius 3 is 2.24 bits per heavy atom. The first kappa shape index (κ1) is 21.6. The maximum atomic E-state index is 9.81. The molecule has 0 spiro atoms. The number of guanidine groups is 1. The van der Waals surface area contributed by atoms with Crippen LogP contribution in [0.5, 0.6) is 0 Å². The molecular weight excluding hydrogens is 420 g/mol. The molecule has 2 N–H and O–H groups in total. The van der Waals surface area contributed by atoms with Crippen LogP contribution in [0.25, 0.3) is 5.57 Å². The molecule has 0 radical (unpaired) electrons. The Balaban J connectivity index is 1.34. The van der Waals surface area contributed by atoms with E-state index in [1.807, 2.05) is 31.3 Å². The molecule has 2 aliphatic heterocycles. The molecule has 6 heteroatoms. The third-order valence-electron chi connectivity index (χ3n) is 6.14. The van der Waals surface area contributed by atoms with Gasteiger partial charge >= 0.3 is 0 Å². The number of aromatic nitrogens is 1. The van der Waals surface area contributed by atoms with Crippen molar-refractivity contribution in [1.29, 1.82) is 5.26 Å². The molecule has 0 atom stereocenters. The molecule has 1 saturated heterocycles. The summed E-state index contributed by atoms with van der Waals surface area (Å²) in [6.07, 6.45) is 3.58. The zero-order valence-corrected chi connectivity index (χ0v) is 19.0. The van der Waals surface area contributed by atoms with E-state index < -0.39 is 0 Å². The Morgan fingerprint density at radius 2 is 1.65 bits per heavy atom. The van der Waals surface area contributed by atoms with E-state index >= 15 is 0 Å². The Labute approximate surface area is 200 Å². The first-order valence-electron chi connectivity index (χ1n) is 11.4. The van der Waals surface area contributed by atoms with Gasteiger partial charge in [0.1, 0.15) is 11.6 Å². The van der Waals surface area contributed by atoms with Gasteiger partial charge in [0.05, 0.1) is 23.5 Å². The Kier molecular flexibility index (Phi) is 6.19. The lowest BCUT2D eigenvalue weighted by molar-refractivity contribution is 0.115. The molecule has 0 saturated carbocycles. The zero-order valence-electron chi connectivity index (χ0n) is 19.0. The largest absolute Gasteiger partial charge is 0.332 e. The number of nitriles is 1. The summed E-state index contributed by atoms with van der Waals surface area (Å²) in [6.45, 7) is 3.67. The third kappa shape index (κ3) is 4.47. The van der Waals surface area contributed by atoms with Crippen LogP contribution in [-0.2, 0) is 0 Å². The fraction of sp³-hybridized carbons (Fsp3) is 0.179. The van der Waals surface area contributed by atoms with Gasteiger partial charge in [0, 0.05) is 25.5 Å². The van der Waals surface area contributed by atoms with Crippen molar-refractivity contribution < 1.29 is 0 Å². The molecule has 6 nitrogen and oxygen atoms in total. The summed E-state index contributed by atoms with van der Waals surface area (Å²) >= 11 is 0. The Bertz CT molecular complexity index is 1230. The summed E-state index contributed by atoms with van der Waals surface area (Å²) in [7, 11) is 0. The molecule has 0 bridgehead atoms. The maximum absolute atomic E-state index is 9.81. The monoisotopic (exact) mass is 446 g/mol. The number of allylic oxidation sites excluding steroid dienone is 2. The van der Waals surface area contributed by atoms with E-state index in [0.717, 1.165) is 24.4 Å². The van der Waals surface area contributed by atoms with Gasteiger partial charge in [0.25, 0.3) is 0 Å². The maximum Gasteiger partial charge on any atom is 0.200 e. The SMILES string of the molecule is CC1=CNC(=NC2CN(C(c3ccccc3)c3ccccc3)C2)N/C1=C(\C#N)c1ccccn1. The van der Waals surface area contributed by atoms with Gasteiger partial charge in [0.15, 0.2) is 5.96 Å². The molecule has 1 fully saturated rings. The van der Waals surface area contributed by atoms with Crippen LogP contribution in [0.3, 0.4) is 0 Å². The summed E-state index contributed by atoms with van der Waals surface area (Å²) in [4.78, 5) is 11.7. The lowest BCUT2D eigenvalue weighted by atomic mass is 9.93. The van der Waals surface area contributed by atoms with E-state index in [9.17, 15) is 5.26 Å². The van der Waals surface area contributed by atoms with Crippen molar-refractivity contribution in [2.45, 2.75) is 19.0 Å². The van der Waals surface area contributed by atoms with Crippen LogP contribution in [0.1, 0.15) is 29.8 Å². The lowest BCUT2D eigenvalue weighted by Crippen LogP contribution is -2.53. The van der Waals surface area contributed by atoms with Crippen molar-refractivity contribution in [3.8, 4) is 6.07 Å². The normalized spacial score (nSPS) is 19.0.